The zero-order chi connectivity index (χ0) is 12.8. The molecule has 6 heteroatoms. The molecule has 0 fully saturated rings. The maximum absolute atomic E-state index is 12.1. The molecule has 0 radical (unpaired) electrons. The van der Waals surface area contributed by atoms with Gasteiger partial charge in [0, 0.05) is 0 Å². The van der Waals surface area contributed by atoms with Gasteiger partial charge in [-0.3, -0.25) is 0 Å². The summed E-state index contributed by atoms with van der Waals surface area (Å²) in [5.74, 6) is -0.165. The molecule has 0 saturated carbocycles. The van der Waals surface area contributed by atoms with Gasteiger partial charge < -0.3 is 12.9 Å². The summed E-state index contributed by atoms with van der Waals surface area (Å²) in [7, 11) is 0.920. The number of alkyl halides is 3. The summed E-state index contributed by atoms with van der Waals surface area (Å²) < 4.78 is 40.3. The van der Waals surface area contributed by atoms with Crippen molar-refractivity contribution in [3.8, 4) is 5.75 Å². The van der Waals surface area contributed by atoms with Gasteiger partial charge in [0.1, 0.15) is 5.75 Å². The van der Waals surface area contributed by atoms with Crippen molar-refractivity contribution in [3.63, 3.8) is 0 Å². The van der Waals surface area contributed by atoms with Gasteiger partial charge in [0.15, 0.2) is 0 Å². The molecule has 1 heterocycles. The van der Waals surface area contributed by atoms with Crippen LogP contribution in [0.3, 0.4) is 0 Å². The Kier molecular flexibility index (Phi) is 3.87. The molecular formula is C13H7F3LiOP. The van der Waals surface area contributed by atoms with Crippen LogP contribution in [0.1, 0.15) is 0 Å². The van der Waals surface area contributed by atoms with Crippen molar-refractivity contribution >= 4 is 29.2 Å². The molecule has 0 bridgehead atoms. The molecule has 0 spiro atoms. The predicted octanol–water partition coefficient (Wildman–Crippen LogP) is 2.19. The van der Waals surface area contributed by atoms with E-state index in [1.807, 2.05) is 24.3 Å². The molecule has 0 N–H and O–H groups in total. The first-order chi connectivity index (χ1) is 8.53. The molecule has 92 valence electrons. The van der Waals surface area contributed by atoms with Gasteiger partial charge in [-0.1, -0.05) is 30.3 Å². The summed E-state index contributed by atoms with van der Waals surface area (Å²) >= 11 is 0. The average molecular weight is 274 g/mol. The van der Waals surface area contributed by atoms with Crippen LogP contribution in [0.4, 0.5) is 13.2 Å². The molecule has 2 aromatic carbocycles. The van der Waals surface area contributed by atoms with Gasteiger partial charge >= 0.3 is 25.2 Å². The fourth-order valence-electron chi connectivity index (χ4n) is 1.96. The molecule has 0 aliphatic rings. The van der Waals surface area contributed by atoms with Gasteiger partial charge in [0.25, 0.3) is 0 Å². The maximum atomic E-state index is 12.1. The molecule has 3 aromatic rings. The van der Waals surface area contributed by atoms with Crippen molar-refractivity contribution in [1.29, 1.82) is 0 Å². The first-order valence-electron chi connectivity index (χ1n) is 5.24. The summed E-state index contributed by atoms with van der Waals surface area (Å²) in [5.41, 5.74) is 0. The molecule has 0 aliphatic heterocycles. The van der Waals surface area contributed by atoms with Crippen molar-refractivity contribution < 1.29 is 36.8 Å². The Labute approximate surface area is 121 Å². The van der Waals surface area contributed by atoms with E-state index in [1.54, 1.807) is 6.07 Å². The van der Waals surface area contributed by atoms with Crippen LogP contribution in [0.25, 0.3) is 21.0 Å². The second-order valence-corrected chi connectivity index (χ2v) is 5.04. The predicted molar refractivity (Wildman–Crippen MR) is 66.2 cm³/mol. The van der Waals surface area contributed by atoms with Crippen molar-refractivity contribution in [2.24, 2.45) is 0 Å². The summed E-state index contributed by atoms with van der Waals surface area (Å²) in [6, 6.07) is 12.3. The van der Waals surface area contributed by atoms with Gasteiger partial charge in [-0.05, 0) is 22.9 Å². The Hall–Kier alpha value is -1.07. The van der Waals surface area contributed by atoms with Crippen molar-refractivity contribution in [3.05, 3.63) is 42.5 Å². The van der Waals surface area contributed by atoms with Crippen LogP contribution >= 0.6 is 8.19 Å². The van der Waals surface area contributed by atoms with E-state index in [9.17, 15) is 13.2 Å². The number of benzene rings is 2. The van der Waals surface area contributed by atoms with Gasteiger partial charge in [0.05, 0.1) is 0 Å². The van der Waals surface area contributed by atoms with Crippen LogP contribution in [-0.2, 0) is 0 Å². The fourth-order valence-corrected chi connectivity index (χ4v) is 3.20. The van der Waals surface area contributed by atoms with Crippen LogP contribution in [0.15, 0.2) is 42.5 Å². The Balaban J connectivity index is 0.00000133. The van der Waals surface area contributed by atoms with Crippen LogP contribution in [-0.4, -0.2) is 6.36 Å². The summed E-state index contributed by atoms with van der Waals surface area (Å²) in [6.07, 6.45) is -4.64. The van der Waals surface area contributed by atoms with Crippen molar-refractivity contribution in [2.75, 3.05) is 0 Å². The van der Waals surface area contributed by atoms with Gasteiger partial charge in [-0.25, -0.2) is 0 Å². The number of halogens is 3. The normalized spacial score (nSPS) is 11.9. The van der Waals surface area contributed by atoms with Crippen LogP contribution < -0.4 is 23.6 Å². The molecule has 0 unspecified atom stereocenters. The van der Waals surface area contributed by atoms with E-state index < -0.39 is 6.36 Å². The smallest absolute Gasteiger partial charge is 0.514 e. The molecule has 3 rings (SSSR count). The Morgan fingerprint density at radius 2 is 1.58 bits per heavy atom. The van der Waals surface area contributed by atoms with Crippen LogP contribution in [0, 0.1) is 0 Å². The van der Waals surface area contributed by atoms with E-state index in [-0.39, 0.29) is 24.6 Å². The van der Waals surface area contributed by atoms with E-state index in [1.165, 1.54) is 12.1 Å². The minimum absolute atomic E-state index is 0. The Morgan fingerprint density at radius 1 is 0.895 bits per heavy atom. The number of hydrogen-bond acceptors (Lipinski definition) is 1. The molecule has 0 atom stereocenters. The number of ether oxygens (including phenoxy) is 1. The van der Waals surface area contributed by atoms with Gasteiger partial charge in [-0.2, -0.15) is 10.2 Å². The fraction of sp³-hybridized carbons (Fsp3) is 0.0769. The van der Waals surface area contributed by atoms with E-state index in [0.717, 1.165) is 29.2 Å². The van der Waals surface area contributed by atoms with Gasteiger partial charge in [0.2, 0.25) is 0 Å². The summed E-state index contributed by atoms with van der Waals surface area (Å²) in [5, 5.41) is 4.00. The molecule has 19 heavy (non-hydrogen) atoms. The molecule has 0 aliphatic carbocycles. The third-order valence-corrected chi connectivity index (χ3v) is 3.88. The zero-order valence-corrected chi connectivity index (χ0v) is 10.9. The first kappa shape index (κ1) is 14.3. The largest absolute Gasteiger partial charge is 1.00 e. The monoisotopic (exact) mass is 274 g/mol. The van der Waals surface area contributed by atoms with Crippen molar-refractivity contribution in [2.45, 2.75) is 6.36 Å². The first-order valence-corrected chi connectivity index (χ1v) is 6.13. The Morgan fingerprint density at radius 3 is 2.32 bits per heavy atom. The summed E-state index contributed by atoms with van der Waals surface area (Å²) in [6.45, 7) is 0. The van der Waals surface area contributed by atoms with E-state index in [4.69, 9.17) is 0 Å². The molecule has 1 aromatic heterocycles. The average Bonchev–Trinajstić information content (AvgIpc) is 2.64. The third-order valence-electron chi connectivity index (χ3n) is 2.64. The SMILES string of the molecule is FC(F)(F)Oc1ccc2c(c1)[p-]c1ccccc12.[Li+]. The molecule has 1 nitrogen and oxygen atoms in total. The van der Waals surface area contributed by atoms with Crippen LogP contribution in [0.2, 0.25) is 0 Å². The molecule has 0 amide bonds. The van der Waals surface area contributed by atoms with E-state index in [0.29, 0.717) is 0 Å². The zero-order valence-electron chi connectivity index (χ0n) is 10.0. The minimum atomic E-state index is -4.64. The number of rotatable bonds is 1. The Bertz CT molecular complexity index is 721. The third kappa shape index (κ3) is 2.92. The van der Waals surface area contributed by atoms with Crippen LogP contribution in [0.5, 0.6) is 5.75 Å². The molecule has 0 saturated heterocycles. The standard InChI is InChI=1S/C13H7F3OP.Li/c14-13(15,16)17-8-5-6-10-9-3-1-2-4-11(9)18-12(10)7-8;/h1-7H;/q-1;+1. The van der Waals surface area contributed by atoms with Gasteiger partial charge in [-0.15, -0.1) is 13.2 Å². The maximum Gasteiger partial charge on any atom is 1.00 e. The van der Waals surface area contributed by atoms with Crippen molar-refractivity contribution in [1.82, 2.24) is 0 Å². The molecular weight excluding hydrogens is 267 g/mol. The second-order valence-electron chi connectivity index (χ2n) is 3.86. The van der Waals surface area contributed by atoms with E-state index in [2.05, 4.69) is 4.74 Å². The number of fused-ring (bicyclic) bond motifs is 3. The topological polar surface area (TPSA) is 9.23 Å². The number of hydrogen-bond donors (Lipinski definition) is 0. The quantitative estimate of drug-likeness (QED) is 0.618. The summed E-state index contributed by atoms with van der Waals surface area (Å²) in [4.78, 5) is 0. The minimum Gasteiger partial charge on any atom is -0.514 e. The second kappa shape index (κ2) is 5.13. The van der Waals surface area contributed by atoms with E-state index >= 15 is 0 Å².